The molecule has 0 saturated heterocycles. The van der Waals surface area contributed by atoms with Gasteiger partial charge in [0.25, 0.3) is 5.91 Å². The Labute approximate surface area is 161 Å². The number of pyridine rings is 1. The molecule has 0 N–H and O–H groups in total. The molecule has 2 aliphatic carbocycles. The molecule has 2 aromatic rings. The first kappa shape index (κ1) is 18.8. The quantitative estimate of drug-likeness (QED) is 0.683. The summed E-state index contributed by atoms with van der Waals surface area (Å²) in [7, 11) is 0. The predicted molar refractivity (Wildman–Crippen MR) is 97.2 cm³/mol. The summed E-state index contributed by atoms with van der Waals surface area (Å²) >= 11 is 0. The fraction of sp³-hybridized carbons (Fsp3) is 0.429. The second kappa shape index (κ2) is 7.45. The number of hydrogen-bond donors (Lipinski definition) is 0. The van der Waals surface area contributed by atoms with Crippen LogP contribution >= 0.6 is 0 Å². The number of aromatic nitrogens is 1. The first-order valence-corrected chi connectivity index (χ1v) is 9.55. The van der Waals surface area contributed by atoms with Gasteiger partial charge >= 0.3 is 6.18 Å². The van der Waals surface area contributed by atoms with Gasteiger partial charge in [-0.25, -0.2) is 4.98 Å². The van der Waals surface area contributed by atoms with Gasteiger partial charge in [0.1, 0.15) is 5.75 Å². The van der Waals surface area contributed by atoms with Crippen molar-refractivity contribution in [1.82, 2.24) is 9.88 Å². The molecule has 0 aliphatic heterocycles. The van der Waals surface area contributed by atoms with Crippen molar-refractivity contribution in [2.24, 2.45) is 0 Å². The molecule has 2 fully saturated rings. The third-order valence-corrected chi connectivity index (χ3v) is 5.28. The van der Waals surface area contributed by atoms with Gasteiger partial charge in [0, 0.05) is 29.9 Å². The van der Waals surface area contributed by atoms with Gasteiger partial charge in [0.15, 0.2) is 0 Å². The molecule has 28 heavy (non-hydrogen) atoms. The van der Waals surface area contributed by atoms with Crippen molar-refractivity contribution in [1.29, 1.82) is 0 Å². The third kappa shape index (κ3) is 4.13. The highest BCUT2D eigenvalue weighted by Gasteiger charge is 2.38. The summed E-state index contributed by atoms with van der Waals surface area (Å²) in [6, 6.07) is 9.50. The average molecular weight is 390 g/mol. The van der Waals surface area contributed by atoms with Gasteiger partial charge in [-0.15, -0.1) is 0 Å². The first-order valence-electron chi connectivity index (χ1n) is 9.55. The van der Waals surface area contributed by atoms with E-state index in [2.05, 4.69) is 9.88 Å². The van der Waals surface area contributed by atoms with Crippen LogP contribution in [0.25, 0.3) is 0 Å². The molecule has 148 valence electrons. The molecule has 4 nitrogen and oxygen atoms in total. The van der Waals surface area contributed by atoms with Crippen LogP contribution in [0, 0.1) is 0 Å². The lowest BCUT2D eigenvalue weighted by Crippen LogP contribution is -2.40. The van der Waals surface area contributed by atoms with Crippen LogP contribution in [-0.4, -0.2) is 27.9 Å². The fourth-order valence-corrected chi connectivity index (χ4v) is 3.71. The Balaban J connectivity index is 1.44. The van der Waals surface area contributed by atoms with Crippen LogP contribution in [0.3, 0.4) is 0 Å². The van der Waals surface area contributed by atoms with Crippen molar-refractivity contribution in [3.63, 3.8) is 0 Å². The highest BCUT2D eigenvalue weighted by Crippen LogP contribution is 2.36. The monoisotopic (exact) mass is 390 g/mol. The van der Waals surface area contributed by atoms with Gasteiger partial charge in [0.2, 0.25) is 5.88 Å². The van der Waals surface area contributed by atoms with Crippen LogP contribution in [0.2, 0.25) is 0 Å². The number of benzene rings is 1. The van der Waals surface area contributed by atoms with Crippen molar-refractivity contribution < 1.29 is 22.7 Å². The molecule has 0 bridgehead atoms. The Hall–Kier alpha value is -2.57. The average Bonchev–Trinajstić information content (AvgIpc) is 3.35. The Morgan fingerprint density at radius 2 is 1.61 bits per heavy atom. The van der Waals surface area contributed by atoms with Crippen LogP contribution in [0.15, 0.2) is 42.6 Å². The molecule has 4 rings (SSSR count). The topological polar surface area (TPSA) is 42.4 Å². The second-order valence-corrected chi connectivity index (χ2v) is 7.39. The standard InChI is InChI=1S/C21H21F3N2O2/c22-21(23,24)15-7-12-19(25-13-15)28-18-10-5-14(6-11-18)20(27)26(17-8-9-17)16-3-1-2-4-16/h5-7,10-13,16-17H,1-4,8-9H2. The van der Waals surface area contributed by atoms with Gasteiger partial charge in [-0.1, -0.05) is 12.8 Å². The summed E-state index contributed by atoms with van der Waals surface area (Å²) in [4.78, 5) is 18.7. The van der Waals surface area contributed by atoms with E-state index in [9.17, 15) is 18.0 Å². The Kier molecular flexibility index (Phi) is 5.00. The largest absolute Gasteiger partial charge is 0.439 e. The van der Waals surface area contributed by atoms with Gasteiger partial charge in [-0.05, 0) is 56.0 Å². The van der Waals surface area contributed by atoms with Crippen molar-refractivity contribution in [3.05, 3.63) is 53.7 Å². The summed E-state index contributed by atoms with van der Waals surface area (Å²) < 4.78 is 43.3. The molecule has 7 heteroatoms. The Bertz CT molecular complexity index is 824. The minimum atomic E-state index is -4.43. The number of halogens is 3. The van der Waals surface area contributed by atoms with Crippen molar-refractivity contribution in [2.75, 3.05) is 0 Å². The lowest BCUT2D eigenvalue weighted by Gasteiger charge is -2.29. The van der Waals surface area contributed by atoms with Crippen LogP contribution < -0.4 is 4.74 Å². The first-order chi connectivity index (χ1) is 13.4. The van der Waals surface area contributed by atoms with Gasteiger partial charge in [-0.2, -0.15) is 13.2 Å². The maximum absolute atomic E-state index is 13.0. The van der Waals surface area contributed by atoms with E-state index in [4.69, 9.17) is 4.74 Å². The maximum atomic E-state index is 13.0. The summed E-state index contributed by atoms with van der Waals surface area (Å²) in [5.74, 6) is 0.536. The van der Waals surface area contributed by atoms with Crippen molar-refractivity contribution in [3.8, 4) is 11.6 Å². The number of carbonyl (C=O) groups excluding carboxylic acids is 1. The molecule has 1 aromatic carbocycles. The second-order valence-electron chi connectivity index (χ2n) is 7.39. The number of nitrogens with zero attached hydrogens (tertiary/aromatic N) is 2. The van der Waals surface area contributed by atoms with E-state index in [-0.39, 0.29) is 11.8 Å². The molecule has 1 heterocycles. The fourth-order valence-electron chi connectivity index (χ4n) is 3.71. The minimum Gasteiger partial charge on any atom is -0.439 e. The summed E-state index contributed by atoms with van der Waals surface area (Å²) in [5, 5.41) is 0. The maximum Gasteiger partial charge on any atom is 0.417 e. The molecule has 2 saturated carbocycles. The van der Waals surface area contributed by atoms with Gasteiger partial charge in [0.05, 0.1) is 5.56 Å². The predicted octanol–water partition coefficient (Wildman–Crippen LogP) is 5.44. The molecule has 0 spiro atoms. The third-order valence-electron chi connectivity index (χ3n) is 5.28. The smallest absolute Gasteiger partial charge is 0.417 e. The number of alkyl halides is 3. The minimum absolute atomic E-state index is 0.0496. The van der Waals surface area contributed by atoms with Gasteiger partial charge in [-0.3, -0.25) is 4.79 Å². The van der Waals surface area contributed by atoms with Crippen LogP contribution in [0.1, 0.15) is 54.4 Å². The SMILES string of the molecule is O=C(c1ccc(Oc2ccc(C(F)(F)F)cn2)cc1)N(C1CCCC1)C1CC1. The Morgan fingerprint density at radius 3 is 2.14 bits per heavy atom. The molecule has 0 atom stereocenters. The normalized spacial score (nSPS) is 17.5. The number of carbonyl (C=O) groups is 1. The highest BCUT2D eigenvalue weighted by molar-refractivity contribution is 5.95. The molecule has 1 amide bonds. The Morgan fingerprint density at radius 1 is 0.964 bits per heavy atom. The van der Waals surface area contributed by atoms with Crippen LogP contribution in [0.4, 0.5) is 13.2 Å². The molecular weight excluding hydrogens is 369 g/mol. The van der Waals surface area contributed by atoms with Crippen molar-refractivity contribution >= 4 is 5.91 Å². The zero-order chi connectivity index (χ0) is 19.7. The molecule has 0 unspecified atom stereocenters. The summed E-state index contributed by atoms with van der Waals surface area (Å²) in [5.41, 5.74) is -0.223. The molecule has 2 aliphatic rings. The lowest BCUT2D eigenvalue weighted by molar-refractivity contribution is -0.137. The van der Waals surface area contributed by atoms with E-state index in [0.717, 1.165) is 37.9 Å². The molecule has 0 radical (unpaired) electrons. The zero-order valence-corrected chi connectivity index (χ0v) is 15.3. The van der Waals surface area contributed by atoms with Crippen LogP contribution in [-0.2, 0) is 6.18 Å². The van der Waals surface area contributed by atoms with E-state index in [0.29, 0.717) is 23.4 Å². The van der Waals surface area contributed by atoms with E-state index in [1.165, 1.54) is 18.9 Å². The van der Waals surface area contributed by atoms with E-state index in [1.54, 1.807) is 24.3 Å². The number of hydrogen-bond acceptors (Lipinski definition) is 3. The summed E-state index contributed by atoms with van der Waals surface area (Å²) in [6.07, 6.45) is 2.95. The van der Waals surface area contributed by atoms with Crippen molar-refractivity contribution in [2.45, 2.75) is 56.8 Å². The van der Waals surface area contributed by atoms with E-state index < -0.39 is 11.7 Å². The number of rotatable bonds is 5. The highest BCUT2D eigenvalue weighted by atomic mass is 19.4. The van der Waals surface area contributed by atoms with Crippen LogP contribution in [0.5, 0.6) is 11.6 Å². The van der Waals surface area contributed by atoms with E-state index >= 15 is 0 Å². The van der Waals surface area contributed by atoms with E-state index in [1.807, 2.05) is 0 Å². The molecular formula is C21H21F3N2O2. The molecule has 1 aromatic heterocycles. The summed E-state index contributed by atoms with van der Waals surface area (Å²) in [6.45, 7) is 0. The zero-order valence-electron chi connectivity index (χ0n) is 15.3. The number of amides is 1. The lowest BCUT2D eigenvalue weighted by atomic mass is 10.1. The number of ether oxygens (including phenoxy) is 1. The van der Waals surface area contributed by atoms with Gasteiger partial charge < -0.3 is 9.64 Å².